The number of amides is 1. The van der Waals surface area contributed by atoms with Crippen LogP contribution in [-0.2, 0) is 11.3 Å². The van der Waals surface area contributed by atoms with E-state index in [9.17, 15) is 4.79 Å². The van der Waals surface area contributed by atoms with Gasteiger partial charge in [-0.3, -0.25) is 4.79 Å². The first kappa shape index (κ1) is 30.4. The second-order valence-electron chi connectivity index (χ2n) is 10.7. The van der Waals surface area contributed by atoms with Gasteiger partial charge in [-0.15, -0.1) is 0 Å². The van der Waals surface area contributed by atoms with Crippen molar-refractivity contribution in [3.05, 3.63) is 48.0 Å². The number of nitrogens with zero attached hydrogens (tertiary/aromatic N) is 1. The summed E-state index contributed by atoms with van der Waals surface area (Å²) in [5.74, 6) is 0.226. The third-order valence-electron chi connectivity index (χ3n) is 6.63. The van der Waals surface area contributed by atoms with Crippen molar-refractivity contribution >= 4 is 5.91 Å². The Hall–Kier alpha value is -1.61. The first-order chi connectivity index (χ1) is 16.5. The minimum absolute atomic E-state index is 0.226. The lowest BCUT2D eigenvalue weighted by Gasteiger charge is -2.30. The average Bonchev–Trinajstić information content (AvgIpc) is 2.82. The van der Waals surface area contributed by atoms with Gasteiger partial charge in [-0.05, 0) is 32.1 Å². The minimum Gasteiger partial charge on any atom is -0.356 e. The van der Waals surface area contributed by atoms with Gasteiger partial charge in [-0.2, -0.15) is 0 Å². The van der Waals surface area contributed by atoms with Crippen LogP contribution < -0.4 is 5.32 Å². The van der Waals surface area contributed by atoms with E-state index in [1.165, 1.54) is 89.0 Å². The van der Waals surface area contributed by atoms with E-state index in [2.05, 4.69) is 68.8 Å². The van der Waals surface area contributed by atoms with Gasteiger partial charge in [-0.25, -0.2) is 0 Å². The lowest BCUT2D eigenvalue weighted by atomic mass is 10.1. The molecule has 1 rings (SSSR count). The van der Waals surface area contributed by atoms with E-state index in [4.69, 9.17) is 0 Å². The molecule has 34 heavy (non-hydrogen) atoms. The van der Waals surface area contributed by atoms with Crippen molar-refractivity contribution in [1.29, 1.82) is 0 Å². The fourth-order valence-electron chi connectivity index (χ4n) is 4.51. The van der Waals surface area contributed by atoms with E-state index in [1.54, 1.807) is 0 Å². The largest absolute Gasteiger partial charge is 0.356 e. The molecule has 1 aromatic rings. The second-order valence-corrected chi connectivity index (χ2v) is 10.7. The van der Waals surface area contributed by atoms with E-state index in [-0.39, 0.29) is 5.91 Å². The Morgan fingerprint density at radius 1 is 0.765 bits per heavy atom. The van der Waals surface area contributed by atoms with Crippen LogP contribution in [0.1, 0.15) is 115 Å². The molecule has 0 atom stereocenters. The summed E-state index contributed by atoms with van der Waals surface area (Å²) in [6, 6.07) is 10.7. The highest BCUT2D eigenvalue weighted by Crippen LogP contribution is 2.11. The molecular formula is C31H55N2O+. The fraction of sp³-hybridized carbons (Fsp3) is 0.710. The van der Waals surface area contributed by atoms with Crippen molar-refractivity contribution in [2.45, 2.75) is 116 Å². The molecule has 1 aromatic carbocycles. The zero-order chi connectivity index (χ0) is 24.7. The number of nitrogens with one attached hydrogen (secondary N) is 1. The van der Waals surface area contributed by atoms with Gasteiger partial charge in [0.15, 0.2) is 0 Å². The third-order valence-corrected chi connectivity index (χ3v) is 6.63. The Bertz CT molecular complexity index is 624. The van der Waals surface area contributed by atoms with Gasteiger partial charge >= 0.3 is 0 Å². The maximum absolute atomic E-state index is 12.1. The number of carbonyl (C=O) groups excluding carboxylic acids is 1. The smallest absolute Gasteiger partial charge is 0.219 e. The summed E-state index contributed by atoms with van der Waals surface area (Å²) in [6.45, 7) is 5.17. The molecule has 0 aliphatic carbocycles. The lowest BCUT2D eigenvalue weighted by Crippen LogP contribution is -2.41. The minimum atomic E-state index is 0.226. The van der Waals surface area contributed by atoms with Gasteiger partial charge in [-0.1, -0.05) is 107 Å². The molecule has 194 valence electrons. The van der Waals surface area contributed by atoms with Gasteiger partial charge < -0.3 is 9.80 Å². The topological polar surface area (TPSA) is 29.1 Å². The van der Waals surface area contributed by atoms with E-state index in [1.807, 2.05) is 0 Å². The van der Waals surface area contributed by atoms with Gasteiger partial charge in [0, 0.05) is 24.9 Å². The summed E-state index contributed by atoms with van der Waals surface area (Å²) >= 11 is 0. The van der Waals surface area contributed by atoms with E-state index < -0.39 is 0 Å². The fourth-order valence-corrected chi connectivity index (χ4v) is 4.51. The van der Waals surface area contributed by atoms with E-state index >= 15 is 0 Å². The Morgan fingerprint density at radius 3 is 1.94 bits per heavy atom. The molecule has 0 bridgehead atoms. The van der Waals surface area contributed by atoms with Gasteiger partial charge in [0.25, 0.3) is 0 Å². The van der Waals surface area contributed by atoms with Crippen molar-refractivity contribution < 1.29 is 9.28 Å². The number of carbonyl (C=O) groups is 1. The number of quaternary nitrogens is 1. The highest BCUT2D eigenvalue weighted by molar-refractivity contribution is 5.75. The Kier molecular flexibility index (Phi) is 18.6. The zero-order valence-electron chi connectivity index (χ0n) is 22.8. The Balaban J connectivity index is 1.87. The molecule has 3 heteroatoms. The molecular weight excluding hydrogens is 416 g/mol. The molecule has 0 heterocycles. The van der Waals surface area contributed by atoms with Crippen molar-refractivity contribution in [3.63, 3.8) is 0 Å². The van der Waals surface area contributed by atoms with Gasteiger partial charge in [0.1, 0.15) is 6.54 Å². The normalized spacial score (nSPS) is 11.9. The molecule has 1 amide bonds. The molecule has 0 saturated carbocycles. The Morgan fingerprint density at radius 2 is 1.32 bits per heavy atom. The van der Waals surface area contributed by atoms with Crippen LogP contribution in [0.3, 0.4) is 0 Å². The summed E-state index contributed by atoms with van der Waals surface area (Å²) in [7, 11) is 4.53. The van der Waals surface area contributed by atoms with E-state index in [0.29, 0.717) is 6.42 Å². The maximum Gasteiger partial charge on any atom is 0.219 e. The summed E-state index contributed by atoms with van der Waals surface area (Å²) < 4.78 is 0.953. The number of benzene rings is 1. The molecule has 0 spiro atoms. The standard InChI is InChI=1S/C31H54N2O/c1-4-5-6-7-8-9-10-11-12-13-14-15-16-17-18-22-26-31(34)32-27-23-28-33(2,3)29-30-24-20-19-21-25-30/h11-12,19-21,24-25H,4-10,13-18,22-23,26-29H2,1-3H3/p+1/b12-11+. The van der Waals surface area contributed by atoms with E-state index in [0.717, 1.165) is 37.0 Å². The van der Waals surface area contributed by atoms with Crippen LogP contribution in [0.2, 0.25) is 0 Å². The molecule has 0 fully saturated rings. The first-order valence-electron chi connectivity index (χ1n) is 14.3. The van der Waals surface area contributed by atoms with Crippen LogP contribution in [0.25, 0.3) is 0 Å². The number of hydrogen-bond acceptors (Lipinski definition) is 1. The molecule has 0 aliphatic heterocycles. The predicted molar refractivity (Wildman–Crippen MR) is 149 cm³/mol. The van der Waals surface area contributed by atoms with Crippen LogP contribution in [-0.4, -0.2) is 37.6 Å². The van der Waals surface area contributed by atoms with Crippen LogP contribution >= 0.6 is 0 Å². The number of rotatable bonds is 22. The molecule has 0 aliphatic rings. The maximum atomic E-state index is 12.1. The molecule has 0 aromatic heterocycles. The summed E-state index contributed by atoms with van der Waals surface area (Å²) in [5, 5.41) is 3.11. The quantitative estimate of drug-likeness (QED) is 0.103. The Labute approximate surface area is 212 Å². The van der Waals surface area contributed by atoms with Crippen molar-refractivity contribution in [2.24, 2.45) is 0 Å². The predicted octanol–water partition coefficient (Wildman–Crippen LogP) is 8.20. The SMILES string of the molecule is CCCCCCCC/C=C/CCCCCCCCC(=O)NCCC[N+](C)(C)Cc1ccccc1. The molecule has 3 nitrogen and oxygen atoms in total. The highest BCUT2D eigenvalue weighted by Gasteiger charge is 2.15. The van der Waals surface area contributed by atoms with Crippen LogP contribution in [0.4, 0.5) is 0 Å². The molecule has 0 unspecified atom stereocenters. The van der Waals surface area contributed by atoms with Crippen LogP contribution in [0.15, 0.2) is 42.5 Å². The monoisotopic (exact) mass is 471 g/mol. The molecule has 1 N–H and O–H groups in total. The van der Waals surface area contributed by atoms with Crippen molar-refractivity contribution in [3.8, 4) is 0 Å². The summed E-state index contributed by atoms with van der Waals surface area (Å²) in [4.78, 5) is 12.1. The molecule has 0 radical (unpaired) electrons. The van der Waals surface area contributed by atoms with Crippen LogP contribution in [0.5, 0.6) is 0 Å². The number of hydrogen-bond donors (Lipinski definition) is 1. The van der Waals surface area contributed by atoms with Gasteiger partial charge in [0.05, 0.1) is 20.6 Å². The summed E-state index contributed by atoms with van der Waals surface area (Å²) in [5.41, 5.74) is 1.37. The van der Waals surface area contributed by atoms with Crippen LogP contribution in [0, 0.1) is 0 Å². The first-order valence-corrected chi connectivity index (χ1v) is 14.3. The lowest BCUT2D eigenvalue weighted by molar-refractivity contribution is -0.903. The third kappa shape index (κ3) is 18.8. The highest BCUT2D eigenvalue weighted by atomic mass is 16.1. The van der Waals surface area contributed by atoms with Gasteiger partial charge in [0.2, 0.25) is 5.91 Å². The molecule has 0 saturated heterocycles. The second kappa shape index (κ2) is 20.7. The summed E-state index contributed by atoms with van der Waals surface area (Å²) in [6.07, 6.45) is 24.7. The average molecular weight is 472 g/mol. The van der Waals surface area contributed by atoms with Crippen molar-refractivity contribution in [2.75, 3.05) is 27.2 Å². The number of unbranched alkanes of at least 4 members (excludes halogenated alkanes) is 12. The number of allylic oxidation sites excluding steroid dienone is 2. The van der Waals surface area contributed by atoms with Crippen molar-refractivity contribution in [1.82, 2.24) is 5.32 Å². The zero-order valence-corrected chi connectivity index (χ0v) is 22.8.